The summed E-state index contributed by atoms with van der Waals surface area (Å²) >= 11 is 0. The first-order valence-electron chi connectivity index (χ1n) is 7.02. The van der Waals surface area contributed by atoms with E-state index in [2.05, 4.69) is 68.1 Å². The first-order valence-corrected chi connectivity index (χ1v) is 7.02. The second kappa shape index (κ2) is 6.01. The highest BCUT2D eigenvalue weighted by atomic mass is 15.1. The zero-order valence-corrected chi connectivity index (χ0v) is 11.7. The Hall–Kier alpha value is -1.34. The van der Waals surface area contributed by atoms with Gasteiger partial charge in [0.25, 0.3) is 0 Å². The van der Waals surface area contributed by atoms with Crippen LogP contribution in [0.3, 0.4) is 0 Å². The van der Waals surface area contributed by atoms with Crippen molar-refractivity contribution in [1.82, 2.24) is 4.90 Å². The molecule has 0 saturated carbocycles. The van der Waals surface area contributed by atoms with E-state index in [1.807, 2.05) is 0 Å². The molecule has 0 radical (unpaired) electrons. The lowest BCUT2D eigenvalue weighted by atomic mass is 9.99. The maximum absolute atomic E-state index is 2.53. The SMILES string of the molecule is CCC(c1ccc2ccccc2c1)N(CC)CC. The van der Waals surface area contributed by atoms with Gasteiger partial charge in [-0.1, -0.05) is 57.2 Å². The monoisotopic (exact) mass is 241 g/mol. The van der Waals surface area contributed by atoms with Gasteiger partial charge in [0.05, 0.1) is 0 Å². The van der Waals surface area contributed by atoms with Crippen molar-refractivity contribution >= 4 is 10.8 Å². The number of rotatable bonds is 5. The number of nitrogens with zero attached hydrogens (tertiary/aromatic N) is 1. The molecule has 0 N–H and O–H groups in total. The van der Waals surface area contributed by atoms with Crippen molar-refractivity contribution in [2.24, 2.45) is 0 Å². The van der Waals surface area contributed by atoms with Gasteiger partial charge in [0.1, 0.15) is 0 Å². The minimum absolute atomic E-state index is 0.546. The fourth-order valence-electron chi connectivity index (χ4n) is 2.78. The Morgan fingerprint density at radius 2 is 1.56 bits per heavy atom. The van der Waals surface area contributed by atoms with E-state index >= 15 is 0 Å². The first-order chi connectivity index (χ1) is 8.80. The minimum Gasteiger partial charge on any atom is -0.297 e. The van der Waals surface area contributed by atoms with Crippen LogP contribution in [0.25, 0.3) is 10.8 Å². The molecule has 0 bridgehead atoms. The average molecular weight is 241 g/mol. The van der Waals surface area contributed by atoms with Crippen molar-refractivity contribution in [2.75, 3.05) is 13.1 Å². The molecule has 0 heterocycles. The van der Waals surface area contributed by atoms with Gasteiger partial charge in [-0.15, -0.1) is 0 Å². The Kier molecular flexibility index (Phi) is 4.38. The van der Waals surface area contributed by atoms with Crippen LogP contribution in [0.2, 0.25) is 0 Å². The van der Waals surface area contributed by atoms with Crippen molar-refractivity contribution in [3.05, 3.63) is 48.0 Å². The highest BCUT2D eigenvalue weighted by molar-refractivity contribution is 5.83. The summed E-state index contributed by atoms with van der Waals surface area (Å²) in [6.07, 6.45) is 1.17. The minimum atomic E-state index is 0.546. The molecule has 0 amide bonds. The van der Waals surface area contributed by atoms with E-state index < -0.39 is 0 Å². The maximum atomic E-state index is 2.53. The first kappa shape index (κ1) is 13.1. The molecule has 2 aromatic rings. The van der Waals surface area contributed by atoms with E-state index in [-0.39, 0.29) is 0 Å². The summed E-state index contributed by atoms with van der Waals surface area (Å²) < 4.78 is 0. The van der Waals surface area contributed by atoms with Crippen LogP contribution in [0, 0.1) is 0 Å². The van der Waals surface area contributed by atoms with Crippen LogP contribution in [-0.4, -0.2) is 18.0 Å². The molecule has 1 atom stereocenters. The quantitative estimate of drug-likeness (QED) is 0.737. The molecule has 2 aromatic carbocycles. The second-order valence-electron chi connectivity index (χ2n) is 4.75. The second-order valence-corrected chi connectivity index (χ2v) is 4.75. The number of hydrogen-bond acceptors (Lipinski definition) is 1. The summed E-state index contributed by atoms with van der Waals surface area (Å²) in [7, 11) is 0. The van der Waals surface area contributed by atoms with Gasteiger partial charge in [-0.3, -0.25) is 4.90 Å². The molecule has 1 nitrogen and oxygen atoms in total. The topological polar surface area (TPSA) is 3.24 Å². The van der Waals surface area contributed by atoms with Crippen LogP contribution in [-0.2, 0) is 0 Å². The number of hydrogen-bond donors (Lipinski definition) is 0. The third-order valence-corrected chi connectivity index (χ3v) is 3.80. The van der Waals surface area contributed by atoms with Gasteiger partial charge in [-0.25, -0.2) is 0 Å². The van der Waals surface area contributed by atoms with Crippen LogP contribution >= 0.6 is 0 Å². The third kappa shape index (κ3) is 2.56. The van der Waals surface area contributed by atoms with E-state index in [1.165, 1.54) is 22.8 Å². The molecule has 0 fully saturated rings. The predicted molar refractivity (Wildman–Crippen MR) is 79.9 cm³/mol. The molecule has 0 aromatic heterocycles. The highest BCUT2D eigenvalue weighted by Gasteiger charge is 2.15. The van der Waals surface area contributed by atoms with Gasteiger partial charge < -0.3 is 0 Å². The average Bonchev–Trinajstić information content (AvgIpc) is 2.44. The Bertz CT molecular complexity index is 500. The number of fused-ring (bicyclic) bond motifs is 1. The molecular weight excluding hydrogens is 218 g/mol. The van der Waals surface area contributed by atoms with Crippen molar-refractivity contribution in [1.29, 1.82) is 0 Å². The molecule has 18 heavy (non-hydrogen) atoms. The van der Waals surface area contributed by atoms with Crippen LogP contribution in [0.15, 0.2) is 42.5 Å². The predicted octanol–water partition coefficient (Wildman–Crippen LogP) is 4.63. The van der Waals surface area contributed by atoms with Crippen molar-refractivity contribution in [2.45, 2.75) is 33.2 Å². The Morgan fingerprint density at radius 1 is 0.889 bits per heavy atom. The normalized spacial score (nSPS) is 13.1. The zero-order valence-electron chi connectivity index (χ0n) is 11.7. The summed E-state index contributed by atoms with van der Waals surface area (Å²) in [4.78, 5) is 2.53. The molecule has 0 spiro atoms. The van der Waals surface area contributed by atoms with Crippen LogP contribution < -0.4 is 0 Å². The summed E-state index contributed by atoms with van der Waals surface area (Å²) in [6, 6.07) is 16.0. The van der Waals surface area contributed by atoms with Crippen molar-refractivity contribution < 1.29 is 0 Å². The lowest BCUT2D eigenvalue weighted by Crippen LogP contribution is -2.27. The van der Waals surface area contributed by atoms with E-state index in [9.17, 15) is 0 Å². The van der Waals surface area contributed by atoms with Crippen molar-refractivity contribution in [3.63, 3.8) is 0 Å². The Labute approximate surface area is 110 Å². The molecule has 1 heteroatoms. The Balaban J connectivity index is 2.39. The summed E-state index contributed by atoms with van der Waals surface area (Å²) in [5.41, 5.74) is 1.44. The van der Waals surface area contributed by atoms with E-state index in [0.717, 1.165) is 13.1 Å². The summed E-state index contributed by atoms with van der Waals surface area (Å²) in [5.74, 6) is 0. The zero-order chi connectivity index (χ0) is 13.0. The van der Waals surface area contributed by atoms with Crippen LogP contribution in [0.4, 0.5) is 0 Å². The molecule has 0 aliphatic carbocycles. The molecule has 96 valence electrons. The van der Waals surface area contributed by atoms with E-state index in [1.54, 1.807) is 0 Å². The van der Waals surface area contributed by atoms with Gasteiger partial charge in [0, 0.05) is 6.04 Å². The lowest BCUT2D eigenvalue weighted by Gasteiger charge is -2.29. The third-order valence-electron chi connectivity index (χ3n) is 3.80. The van der Waals surface area contributed by atoms with E-state index in [4.69, 9.17) is 0 Å². The van der Waals surface area contributed by atoms with Gasteiger partial charge in [-0.05, 0) is 41.9 Å². The van der Waals surface area contributed by atoms with E-state index in [0.29, 0.717) is 6.04 Å². The molecule has 0 aliphatic rings. The van der Waals surface area contributed by atoms with Gasteiger partial charge in [0.15, 0.2) is 0 Å². The Morgan fingerprint density at radius 3 is 2.17 bits per heavy atom. The standard InChI is InChI=1S/C17H23N/c1-4-17(18(5-2)6-3)16-12-11-14-9-7-8-10-15(14)13-16/h7-13,17H,4-6H2,1-3H3. The molecule has 0 aliphatic heterocycles. The maximum Gasteiger partial charge on any atom is 0.0345 e. The van der Waals surface area contributed by atoms with Gasteiger partial charge in [-0.2, -0.15) is 0 Å². The van der Waals surface area contributed by atoms with Gasteiger partial charge >= 0.3 is 0 Å². The summed E-state index contributed by atoms with van der Waals surface area (Å²) in [5, 5.41) is 2.68. The highest BCUT2D eigenvalue weighted by Crippen LogP contribution is 2.26. The lowest BCUT2D eigenvalue weighted by molar-refractivity contribution is 0.213. The molecule has 0 saturated heterocycles. The number of benzene rings is 2. The molecular formula is C17H23N. The largest absolute Gasteiger partial charge is 0.297 e. The fraction of sp³-hybridized carbons (Fsp3) is 0.412. The van der Waals surface area contributed by atoms with Crippen LogP contribution in [0.1, 0.15) is 38.8 Å². The van der Waals surface area contributed by atoms with Crippen molar-refractivity contribution in [3.8, 4) is 0 Å². The van der Waals surface area contributed by atoms with Crippen LogP contribution in [0.5, 0.6) is 0 Å². The fourth-order valence-corrected chi connectivity index (χ4v) is 2.78. The molecule has 2 rings (SSSR count). The summed E-state index contributed by atoms with van der Waals surface area (Å²) in [6.45, 7) is 8.99. The van der Waals surface area contributed by atoms with Gasteiger partial charge in [0.2, 0.25) is 0 Å². The molecule has 1 unspecified atom stereocenters. The smallest absolute Gasteiger partial charge is 0.0345 e.